The zero-order valence-corrected chi connectivity index (χ0v) is 15.6. The van der Waals surface area contributed by atoms with Crippen LogP contribution in [0.4, 0.5) is 5.69 Å². The van der Waals surface area contributed by atoms with E-state index in [1.54, 1.807) is 7.11 Å². The first-order valence-electron chi connectivity index (χ1n) is 8.74. The van der Waals surface area contributed by atoms with Crippen LogP contribution in [0.15, 0.2) is 42.5 Å². The zero-order chi connectivity index (χ0) is 18.2. The Morgan fingerprint density at radius 3 is 2.64 bits per heavy atom. The van der Waals surface area contributed by atoms with Crippen molar-refractivity contribution in [1.82, 2.24) is 5.32 Å². The van der Waals surface area contributed by atoms with Crippen molar-refractivity contribution >= 4 is 11.6 Å². The molecule has 2 N–H and O–H groups in total. The number of carbonyl (C=O) groups excluding carboxylic acids is 1. The van der Waals surface area contributed by atoms with Crippen LogP contribution in [0, 0.1) is 6.92 Å². The number of amides is 1. The van der Waals surface area contributed by atoms with E-state index in [0.29, 0.717) is 12.5 Å². The minimum Gasteiger partial charge on any atom is -0.497 e. The topological polar surface area (TPSA) is 50.4 Å². The molecular formula is C21H28N2O2. The van der Waals surface area contributed by atoms with Crippen LogP contribution in [0.25, 0.3) is 0 Å². The highest BCUT2D eigenvalue weighted by Crippen LogP contribution is 2.27. The van der Waals surface area contributed by atoms with Crippen molar-refractivity contribution in [3.8, 4) is 5.75 Å². The van der Waals surface area contributed by atoms with Gasteiger partial charge in [-0.2, -0.15) is 0 Å². The summed E-state index contributed by atoms with van der Waals surface area (Å²) in [5, 5.41) is 6.26. The molecule has 25 heavy (non-hydrogen) atoms. The van der Waals surface area contributed by atoms with Crippen LogP contribution in [-0.2, 0) is 11.2 Å². The molecule has 0 spiro atoms. The normalized spacial score (nSPS) is 10.6. The lowest BCUT2D eigenvalue weighted by Crippen LogP contribution is -2.31. The van der Waals surface area contributed by atoms with Crippen LogP contribution >= 0.6 is 0 Å². The lowest BCUT2D eigenvalue weighted by molar-refractivity contribution is -0.119. The number of anilines is 1. The number of hydrogen-bond donors (Lipinski definition) is 2. The minimum absolute atomic E-state index is 0.000792. The molecule has 0 aliphatic carbocycles. The van der Waals surface area contributed by atoms with Gasteiger partial charge in [-0.3, -0.25) is 4.79 Å². The summed E-state index contributed by atoms with van der Waals surface area (Å²) < 4.78 is 5.21. The Kier molecular flexibility index (Phi) is 6.87. The molecule has 2 aromatic carbocycles. The van der Waals surface area contributed by atoms with E-state index in [1.165, 1.54) is 5.56 Å². The van der Waals surface area contributed by atoms with Crippen molar-refractivity contribution in [3.05, 3.63) is 59.2 Å². The molecule has 0 saturated carbocycles. The maximum atomic E-state index is 12.1. The SMILES string of the molecule is COc1cccc(CCNC(=O)CNc2c(C)cccc2C(C)C)c1. The minimum atomic E-state index is 0.000792. The molecule has 0 atom stereocenters. The molecule has 0 fully saturated rings. The van der Waals surface area contributed by atoms with Gasteiger partial charge in [-0.25, -0.2) is 0 Å². The van der Waals surface area contributed by atoms with Gasteiger partial charge in [-0.1, -0.05) is 44.2 Å². The van der Waals surface area contributed by atoms with Gasteiger partial charge in [0.15, 0.2) is 0 Å². The second-order valence-corrected chi connectivity index (χ2v) is 6.50. The second-order valence-electron chi connectivity index (χ2n) is 6.50. The molecular weight excluding hydrogens is 312 g/mol. The van der Waals surface area contributed by atoms with E-state index in [1.807, 2.05) is 24.3 Å². The Hall–Kier alpha value is -2.49. The summed E-state index contributed by atoms with van der Waals surface area (Å²) in [4.78, 5) is 12.1. The van der Waals surface area contributed by atoms with E-state index in [4.69, 9.17) is 4.74 Å². The van der Waals surface area contributed by atoms with Crippen LogP contribution in [-0.4, -0.2) is 26.1 Å². The van der Waals surface area contributed by atoms with Gasteiger partial charge in [-0.05, 0) is 48.1 Å². The highest BCUT2D eigenvalue weighted by Gasteiger charge is 2.10. The summed E-state index contributed by atoms with van der Waals surface area (Å²) in [6, 6.07) is 14.1. The average molecular weight is 340 g/mol. The molecule has 0 aliphatic heterocycles. The van der Waals surface area contributed by atoms with E-state index in [9.17, 15) is 4.79 Å². The van der Waals surface area contributed by atoms with Crippen molar-refractivity contribution in [2.45, 2.75) is 33.1 Å². The Labute approximate surface area is 150 Å². The standard InChI is InChI=1S/C21H28N2O2/c1-15(2)19-10-5-7-16(3)21(19)23-14-20(24)22-12-11-17-8-6-9-18(13-17)25-4/h5-10,13,15,23H,11-12,14H2,1-4H3,(H,22,24). The summed E-state index contributed by atoms with van der Waals surface area (Å²) in [6.07, 6.45) is 0.782. The van der Waals surface area contributed by atoms with Crippen molar-refractivity contribution < 1.29 is 9.53 Å². The number of benzene rings is 2. The number of methoxy groups -OCH3 is 1. The maximum Gasteiger partial charge on any atom is 0.239 e. The summed E-state index contributed by atoms with van der Waals surface area (Å²) >= 11 is 0. The fourth-order valence-corrected chi connectivity index (χ4v) is 2.82. The quantitative estimate of drug-likeness (QED) is 0.766. The lowest BCUT2D eigenvalue weighted by atomic mass is 9.98. The number of hydrogen-bond acceptors (Lipinski definition) is 3. The van der Waals surface area contributed by atoms with Crippen LogP contribution < -0.4 is 15.4 Å². The number of carbonyl (C=O) groups is 1. The number of nitrogens with one attached hydrogen (secondary N) is 2. The van der Waals surface area contributed by atoms with Crippen LogP contribution in [0.3, 0.4) is 0 Å². The third-order valence-corrected chi connectivity index (χ3v) is 4.22. The Balaban J connectivity index is 1.83. The van der Waals surface area contributed by atoms with Gasteiger partial charge < -0.3 is 15.4 Å². The molecule has 4 heteroatoms. The fourth-order valence-electron chi connectivity index (χ4n) is 2.82. The monoisotopic (exact) mass is 340 g/mol. The van der Waals surface area contributed by atoms with Crippen molar-refractivity contribution in [2.75, 3.05) is 25.5 Å². The van der Waals surface area contributed by atoms with Crippen molar-refractivity contribution in [3.63, 3.8) is 0 Å². The smallest absolute Gasteiger partial charge is 0.239 e. The molecule has 0 heterocycles. The summed E-state index contributed by atoms with van der Waals surface area (Å²) in [6.45, 7) is 7.28. The highest BCUT2D eigenvalue weighted by atomic mass is 16.5. The summed E-state index contributed by atoms with van der Waals surface area (Å²) in [5.74, 6) is 1.26. The number of ether oxygens (including phenoxy) is 1. The van der Waals surface area contributed by atoms with E-state index in [0.717, 1.165) is 29.0 Å². The van der Waals surface area contributed by atoms with E-state index < -0.39 is 0 Å². The highest BCUT2D eigenvalue weighted by molar-refractivity contribution is 5.81. The van der Waals surface area contributed by atoms with Gasteiger partial charge in [0.1, 0.15) is 5.75 Å². The van der Waals surface area contributed by atoms with E-state index in [2.05, 4.69) is 49.6 Å². The molecule has 0 bridgehead atoms. The molecule has 0 radical (unpaired) electrons. The predicted octanol–water partition coefficient (Wildman–Crippen LogP) is 3.90. The van der Waals surface area contributed by atoms with Gasteiger partial charge in [0.2, 0.25) is 5.91 Å². The van der Waals surface area contributed by atoms with Crippen LogP contribution in [0.2, 0.25) is 0 Å². The Morgan fingerprint density at radius 1 is 1.16 bits per heavy atom. The molecule has 0 aliphatic rings. The van der Waals surface area contributed by atoms with Crippen molar-refractivity contribution in [2.24, 2.45) is 0 Å². The summed E-state index contributed by atoms with van der Waals surface area (Å²) in [7, 11) is 1.66. The molecule has 0 aromatic heterocycles. The number of rotatable bonds is 8. The third kappa shape index (κ3) is 5.52. The van der Waals surface area contributed by atoms with Gasteiger partial charge in [0, 0.05) is 12.2 Å². The first-order chi connectivity index (χ1) is 12.0. The average Bonchev–Trinajstić information content (AvgIpc) is 2.60. The number of para-hydroxylation sites is 1. The first-order valence-corrected chi connectivity index (χ1v) is 8.74. The molecule has 0 unspecified atom stereocenters. The molecule has 1 amide bonds. The fraction of sp³-hybridized carbons (Fsp3) is 0.381. The van der Waals surface area contributed by atoms with Crippen molar-refractivity contribution in [1.29, 1.82) is 0 Å². The second kappa shape index (κ2) is 9.11. The molecule has 2 aromatic rings. The van der Waals surface area contributed by atoms with Gasteiger partial charge in [0.05, 0.1) is 13.7 Å². The molecule has 0 saturated heterocycles. The summed E-state index contributed by atoms with van der Waals surface area (Å²) in [5.41, 5.74) is 4.62. The Bertz CT molecular complexity index is 711. The van der Waals surface area contributed by atoms with E-state index >= 15 is 0 Å². The van der Waals surface area contributed by atoms with Gasteiger partial charge in [-0.15, -0.1) is 0 Å². The predicted molar refractivity (Wildman–Crippen MR) is 103 cm³/mol. The van der Waals surface area contributed by atoms with E-state index in [-0.39, 0.29) is 12.5 Å². The third-order valence-electron chi connectivity index (χ3n) is 4.22. The van der Waals surface area contributed by atoms with Crippen LogP contribution in [0.5, 0.6) is 5.75 Å². The largest absolute Gasteiger partial charge is 0.497 e. The van der Waals surface area contributed by atoms with Gasteiger partial charge >= 0.3 is 0 Å². The zero-order valence-electron chi connectivity index (χ0n) is 15.6. The first kappa shape index (κ1) is 18.8. The Morgan fingerprint density at radius 2 is 1.92 bits per heavy atom. The lowest BCUT2D eigenvalue weighted by Gasteiger charge is -2.17. The molecule has 4 nitrogen and oxygen atoms in total. The number of aryl methyl sites for hydroxylation is 1. The van der Waals surface area contributed by atoms with Gasteiger partial charge in [0.25, 0.3) is 0 Å². The van der Waals surface area contributed by atoms with Crippen LogP contribution in [0.1, 0.15) is 36.5 Å². The molecule has 134 valence electrons. The molecule has 2 rings (SSSR count). The maximum absolute atomic E-state index is 12.1.